The zero-order chi connectivity index (χ0) is 13.4. The first-order valence-electron chi connectivity index (χ1n) is 6.01. The van der Waals surface area contributed by atoms with E-state index in [1.54, 1.807) is 0 Å². The highest BCUT2D eigenvalue weighted by molar-refractivity contribution is 5.80. The lowest BCUT2D eigenvalue weighted by molar-refractivity contribution is -0.170. The molecule has 0 saturated carbocycles. The Morgan fingerprint density at radius 3 is 2.56 bits per heavy atom. The van der Waals surface area contributed by atoms with Gasteiger partial charge >= 0.3 is 11.9 Å². The van der Waals surface area contributed by atoms with Crippen molar-refractivity contribution in [1.82, 2.24) is 0 Å². The molecule has 1 unspecified atom stereocenters. The van der Waals surface area contributed by atoms with Crippen molar-refractivity contribution in [2.24, 2.45) is 0 Å². The second-order valence-electron chi connectivity index (χ2n) is 4.17. The maximum absolute atomic E-state index is 11.7. The molecule has 6 heteroatoms. The zero-order valence-electron chi connectivity index (χ0n) is 10.9. The molecule has 1 fully saturated rings. The molecule has 0 N–H and O–H groups in total. The van der Waals surface area contributed by atoms with Gasteiger partial charge in [-0.3, -0.25) is 4.79 Å². The summed E-state index contributed by atoms with van der Waals surface area (Å²) in [6.45, 7) is 1.13. The summed E-state index contributed by atoms with van der Waals surface area (Å²) in [5.74, 6) is -0.630. The van der Waals surface area contributed by atoms with Gasteiger partial charge in [0.2, 0.25) is 0 Å². The molecule has 1 atom stereocenters. The summed E-state index contributed by atoms with van der Waals surface area (Å²) in [4.78, 5) is 22.5. The molecule has 18 heavy (non-hydrogen) atoms. The van der Waals surface area contributed by atoms with Crippen LogP contribution >= 0.6 is 0 Å². The molecule has 0 aromatic rings. The van der Waals surface area contributed by atoms with Crippen molar-refractivity contribution in [3.63, 3.8) is 0 Å². The number of carbonyl (C=O) groups excluding carboxylic acids is 2. The number of rotatable bonds is 7. The molecule has 1 aliphatic heterocycles. The van der Waals surface area contributed by atoms with Crippen LogP contribution in [0.5, 0.6) is 0 Å². The molecule has 6 nitrogen and oxygen atoms in total. The van der Waals surface area contributed by atoms with Gasteiger partial charge in [0.1, 0.15) is 0 Å². The van der Waals surface area contributed by atoms with E-state index in [9.17, 15) is 9.59 Å². The lowest BCUT2D eigenvalue weighted by atomic mass is 10.0. The fourth-order valence-electron chi connectivity index (χ4n) is 1.81. The fraction of sp³-hybridized carbons (Fsp3) is 0.833. The molecular weight excluding hydrogens is 240 g/mol. The van der Waals surface area contributed by atoms with E-state index in [4.69, 9.17) is 14.2 Å². The summed E-state index contributed by atoms with van der Waals surface area (Å²) >= 11 is 0. The fourth-order valence-corrected chi connectivity index (χ4v) is 1.81. The number of esters is 2. The summed E-state index contributed by atoms with van der Waals surface area (Å²) in [6, 6.07) is 0. The SMILES string of the molecule is COC(=O)CCCCOC1(C(=O)OC)CCOC1. The van der Waals surface area contributed by atoms with Gasteiger partial charge in [0.05, 0.1) is 27.4 Å². The van der Waals surface area contributed by atoms with Crippen LogP contribution in [0.3, 0.4) is 0 Å². The number of methoxy groups -OCH3 is 2. The van der Waals surface area contributed by atoms with Crippen LogP contribution in [0.1, 0.15) is 25.7 Å². The van der Waals surface area contributed by atoms with Crippen LogP contribution in [0.4, 0.5) is 0 Å². The Morgan fingerprint density at radius 2 is 2.00 bits per heavy atom. The van der Waals surface area contributed by atoms with Crippen molar-refractivity contribution in [2.45, 2.75) is 31.3 Å². The van der Waals surface area contributed by atoms with Gasteiger partial charge < -0.3 is 18.9 Å². The Bertz CT molecular complexity index is 282. The maximum Gasteiger partial charge on any atom is 0.340 e. The summed E-state index contributed by atoms with van der Waals surface area (Å²) in [6.07, 6.45) is 2.23. The Labute approximate surface area is 107 Å². The predicted octanol–water partition coefficient (Wildman–Crippen LogP) is 0.678. The standard InChI is InChI=1S/C12H20O6/c1-15-10(13)5-3-4-7-18-12(11(14)16-2)6-8-17-9-12/h3-9H2,1-2H3. The van der Waals surface area contributed by atoms with Crippen LogP contribution in [0.15, 0.2) is 0 Å². The molecule has 104 valence electrons. The van der Waals surface area contributed by atoms with Crippen LogP contribution < -0.4 is 0 Å². The summed E-state index contributed by atoms with van der Waals surface area (Å²) in [7, 11) is 2.70. The minimum atomic E-state index is -0.958. The molecule has 1 rings (SSSR count). The molecule has 0 spiro atoms. The van der Waals surface area contributed by atoms with E-state index in [1.807, 2.05) is 0 Å². The summed E-state index contributed by atoms with van der Waals surface area (Å²) in [5.41, 5.74) is -0.958. The first-order chi connectivity index (χ1) is 8.64. The van der Waals surface area contributed by atoms with E-state index in [1.165, 1.54) is 14.2 Å². The van der Waals surface area contributed by atoms with Crippen LogP contribution in [0.25, 0.3) is 0 Å². The smallest absolute Gasteiger partial charge is 0.340 e. The average Bonchev–Trinajstić information content (AvgIpc) is 2.87. The van der Waals surface area contributed by atoms with Crippen molar-refractivity contribution < 1.29 is 28.5 Å². The van der Waals surface area contributed by atoms with Crippen LogP contribution in [-0.4, -0.2) is 51.6 Å². The minimum absolute atomic E-state index is 0.233. The Morgan fingerprint density at radius 1 is 1.22 bits per heavy atom. The highest BCUT2D eigenvalue weighted by Gasteiger charge is 2.44. The quantitative estimate of drug-likeness (QED) is 0.495. The van der Waals surface area contributed by atoms with Crippen molar-refractivity contribution >= 4 is 11.9 Å². The van der Waals surface area contributed by atoms with Crippen molar-refractivity contribution in [2.75, 3.05) is 34.0 Å². The number of unbranched alkanes of at least 4 members (excludes halogenated alkanes) is 1. The third-order valence-electron chi connectivity index (χ3n) is 2.92. The van der Waals surface area contributed by atoms with Gasteiger partial charge in [-0.2, -0.15) is 0 Å². The van der Waals surface area contributed by atoms with Crippen molar-refractivity contribution in [3.8, 4) is 0 Å². The van der Waals surface area contributed by atoms with Gasteiger partial charge in [-0.15, -0.1) is 0 Å². The Kier molecular flexibility index (Phi) is 6.07. The second kappa shape index (κ2) is 7.33. The topological polar surface area (TPSA) is 71.1 Å². The molecule has 1 aliphatic rings. The highest BCUT2D eigenvalue weighted by atomic mass is 16.6. The molecule has 0 aliphatic carbocycles. The monoisotopic (exact) mass is 260 g/mol. The molecule has 1 heterocycles. The van der Waals surface area contributed by atoms with Gasteiger partial charge in [-0.05, 0) is 12.8 Å². The molecule has 0 aromatic heterocycles. The molecular formula is C12H20O6. The van der Waals surface area contributed by atoms with Gasteiger partial charge in [-0.1, -0.05) is 0 Å². The van der Waals surface area contributed by atoms with Gasteiger partial charge in [0, 0.05) is 19.4 Å². The largest absolute Gasteiger partial charge is 0.469 e. The van der Waals surface area contributed by atoms with Crippen molar-refractivity contribution in [1.29, 1.82) is 0 Å². The highest BCUT2D eigenvalue weighted by Crippen LogP contribution is 2.25. The van der Waals surface area contributed by atoms with E-state index < -0.39 is 11.6 Å². The summed E-state index contributed by atoms with van der Waals surface area (Å²) < 4.78 is 20.1. The van der Waals surface area contributed by atoms with Crippen LogP contribution in [-0.2, 0) is 28.5 Å². The maximum atomic E-state index is 11.7. The number of hydrogen-bond acceptors (Lipinski definition) is 6. The summed E-state index contributed by atoms with van der Waals surface area (Å²) in [5, 5.41) is 0. The Balaban J connectivity index is 2.27. The third kappa shape index (κ3) is 3.96. The second-order valence-corrected chi connectivity index (χ2v) is 4.17. The lowest BCUT2D eigenvalue weighted by Crippen LogP contribution is -2.43. The lowest BCUT2D eigenvalue weighted by Gasteiger charge is -2.24. The predicted molar refractivity (Wildman–Crippen MR) is 62.0 cm³/mol. The molecule has 1 saturated heterocycles. The zero-order valence-corrected chi connectivity index (χ0v) is 10.9. The van der Waals surface area contributed by atoms with Crippen molar-refractivity contribution in [3.05, 3.63) is 0 Å². The normalized spacial score (nSPS) is 22.8. The van der Waals surface area contributed by atoms with Gasteiger partial charge in [-0.25, -0.2) is 4.79 Å². The minimum Gasteiger partial charge on any atom is -0.469 e. The number of hydrogen-bond donors (Lipinski definition) is 0. The molecule has 0 radical (unpaired) electrons. The third-order valence-corrected chi connectivity index (χ3v) is 2.92. The first kappa shape index (κ1) is 14.9. The van der Waals surface area contributed by atoms with Gasteiger partial charge in [0.25, 0.3) is 0 Å². The Hall–Kier alpha value is -1.14. The van der Waals surface area contributed by atoms with E-state index in [0.717, 1.165) is 0 Å². The first-order valence-corrected chi connectivity index (χ1v) is 6.01. The molecule has 0 amide bonds. The van der Waals surface area contributed by atoms with Crippen LogP contribution in [0.2, 0.25) is 0 Å². The number of carbonyl (C=O) groups is 2. The van der Waals surface area contributed by atoms with E-state index in [-0.39, 0.29) is 12.6 Å². The molecule has 0 aromatic carbocycles. The van der Waals surface area contributed by atoms with Crippen LogP contribution in [0, 0.1) is 0 Å². The molecule has 0 bridgehead atoms. The average molecular weight is 260 g/mol. The van der Waals surface area contributed by atoms with Gasteiger partial charge in [0.15, 0.2) is 5.60 Å². The number of ether oxygens (including phenoxy) is 4. The van der Waals surface area contributed by atoms with E-state index in [0.29, 0.717) is 38.9 Å². The van der Waals surface area contributed by atoms with E-state index in [2.05, 4.69) is 4.74 Å². The van der Waals surface area contributed by atoms with E-state index >= 15 is 0 Å².